The molecule has 0 unspecified atom stereocenters. The van der Waals surface area contributed by atoms with E-state index in [1.54, 1.807) is 18.2 Å². The number of rotatable bonds is 2. The Morgan fingerprint density at radius 1 is 0.875 bits per heavy atom. The largest absolute Gasteiger partial charge is 0.423 e. The standard InChI is InChI=1S/C19H13NO4/c1-11-14-4-2-3-5-15(14)24-19(22)18(11)20-13-8-6-12-7-9-17(21)23-16(12)10-13/h2-10,20H,1H3. The predicted molar refractivity (Wildman–Crippen MR) is 93.0 cm³/mol. The quantitative estimate of drug-likeness (QED) is 0.566. The molecule has 0 bridgehead atoms. The summed E-state index contributed by atoms with van der Waals surface area (Å²) < 4.78 is 10.5. The van der Waals surface area contributed by atoms with Gasteiger partial charge in [0, 0.05) is 28.6 Å². The SMILES string of the molecule is Cc1c(Nc2ccc3ccc(=O)oc3c2)c(=O)oc2ccccc12. The van der Waals surface area contributed by atoms with Gasteiger partial charge in [0.15, 0.2) is 0 Å². The number of hydrogen-bond acceptors (Lipinski definition) is 5. The first-order valence-corrected chi connectivity index (χ1v) is 7.45. The van der Waals surface area contributed by atoms with Crippen molar-refractivity contribution in [2.75, 3.05) is 5.32 Å². The van der Waals surface area contributed by atoms with Crippen LogP contribution >= 0.6 is 0 Å². The average Bonchev–Trinajstić information content (AvgIpc) is 2.58. The van der Waals surface area contributed by atoms with E-state index in [0.717, 1.165) is 16.3 Å². The lowest BCUT2D eigenvalue weighted by atomic mass is 10.1. The number of fused-ring (bicyclic) bond motifs is 2. The molecule has 5 heteroatoms. The Hall–Kier alpha value is -3.34. The van der Waals surface area contributed by atoms with Gasteiger partial charge in [-0.05, 0) is 36.8 Å². The third-order valence-corrected chi connectivity index (χ3v) is 3.97. The van der Waals surface area contributed by atoms with Crippen molar-refractivity contribution in [1.29, 1.82) is 0 Å². The van der Waals surface area contributed by atoms with E-state index in [9.17, 15) is 9.59 Å². The van der Waals surface area contributed by atoms with Crippen molar-refractivity contribution in [2.24, 2.45) is 0 Å². The van der Waals surface area contributed by atoms with Crippen molar-refractivity contribution in [3.63, 3.8) is 0 Å². The van der Waals surface area contributed by atoms with E-state index in [4.69, 9.17) is 8.83 Å². The van der Waals surface area contributed by atoms with Crippen LogP contribution in [0.1, 0.15) is 5.56 Å². The zero-order chi connectivity index (χ0) is 16.7. The van der Waals surface area contributed by atoms with E-state index in [1.165, 1.54) is 6.07 Å². The number of nitrogens with one attached hydrogen (secondary N) is 1. The van der Waals surface area contributed by atoms with E-state index in [0.29, 0.717) is 22.5 Å². The number of benzene rings is 2. The molecular weight excluding hydrogens is 306 g/mol. The molecule has 0 saturated heterocycles. The first-order chi connectivity index (χ1) is 11.6. The van der Waals surface area contributed by atoms with Gasteiger partial charge in [-0.15, -0.1) is 0 Å². The summed E-state index contributed by atoms with van der Waals surface area (Å²) >= 11 is 0. The van der Waals surface area contributed by atoms with Gasteiger partial charge in [-0.1, -0.05) is 18.2 Å². The van der Waals surface area contributed by atoms with Gasteiger partial charge in [0.2, 0.25) is 0 Å². The Morgan fingerprint density at radius 3 is 2.54 bits per heavy atom. The number of aryl methyl sites for hydroxylation is 1. The van der Waals surface area contributed by atoms with Crippen molar-refractivity contribution in [3.8, 4) is 0 Å². The molecule has 0 fully saturated rings. The molecule has 4 aromatic rings. The van der Waals surface area contributed by atoms with Gasteiger partial charge in [-0.2, -0.15) is 0 Å². The molecule has 2 aromatic carbocycles. The van der Waals surface area contributed by atoms with Crippen LogP contribution in [0, 0.1) is 6.92 Å². The predicted octanol–water partition coefficient (Wildman–Crippen LogP) is 3.95. The van der Waals surface area contributed by atoms with Crippen LogP contribution in [0.25, 0.3) is 21.9 Å². The Morgan fingerprint density at radius 2 is 1.67 bits per heavy atom. The molecule has 118 valence electrons. The zero-order valence-corrected chi connectivity index (χ0v) is 12.8. The normalized spacial score (nSPS) is 11.0. The Balaban J connectivity index is 1.84. The molecule has 0 spiro atoms. The highest BCUT2D eigenvalue weighted by molar-refractivity contribution is 5.87. The maximum absolute atomic E-state index is 12.3. The molecule has 0 aliphatic rings. The summed E-state index contributed by atoms with van der Waals surface area (Å²) in [4.78, 5) is 23.6. The fourth-order valence-corrected chi connectivity index (χ4v) is 2.73. The van der Waals surface area contributed by atoms with Gasteiger partial charge in [-0.25, -0.2) is 9.59 Å². The summed E-state index contributed by atoms with van der Waals surface area (Å²) in [5.74, 6) is 0. The van der Waals surface area contributed by atoms with E-state index >= 15 is 0 Å². The summed E-state index contributed by atoms with van der Waals surface area (Å²) in [6.07, 6.45) is 0. The topological polar surface area (TPSA) is 72.5 Å². The van der Waals surface area contributed by atoms with Crippen LogP contribution in [0.2, 0.25) is 0 Å². The molecule has 5 nitrogen and oxygen atoms in total. The monoisotopic (exact) mass is 319 g/mol. The summed E-state index contributed by atoms with van der Waals surface area (Å²) in [6, 6.07) is 15.8. The number of para-hydroxylation sites is 1. The second-order valence-electron chi connectivity index (χ2n) is 5.52. The first-order valence-electron chi connectivity index (χ1n) is 7.45. The van der Waals surface area contributed by atoms with Gasteiger partial charge in [0.05, 0.1) is 0 Å². The van der Waals surface area contributed by atoms with Gasteiger partial charge >= 0.3 is 11.3 Å². The summed E-state index contributed by atoms with van der Waals surface area (Å²) in [6.45, 7) is 1.86. The third-order valence-electron chi connectivity index (χ3n) is 3.97. The van der Waals surface area contributed by atoms with E-state index in [2.05, 4.69) is 5.32 Å². The van der Waals surface area contributed by atoms with Crippen LogP contribution in [-0.2, 0) is 0 Å². The summed E-state index contributed by atoms with van der Waals surface area (Å²) in [7, 11) is 0. The molecule has 2 heterocycles. The minimum absolute atomic E-state index is 0.367. The minimum Gasteiger partial charge on any atom is -0.423 e. The van der Waals surface area contributed by atoms with Crippen LogP contribution in [0.3, 0.4) is 0 Å². The lowest BCUT2D eigenvalue weighted by Gasteiger charge is -2.10. The highest BCUT2D eigenvalue weighted by Gasteiger charge is 2.11. The van der Waals surface area contributed by atoms with Crippen LogP contribution in [0.5, 0.6) is 0 Å². The smallest absolute Gasteiger partial charge is 0.360 e. The highest BCUT2D eigenvalue weighted by Crippen LogP contribution is 2.26. The molecule has 0 aliphatic carbocycles. The second kappa shape index (κ2) is 5.38. The van der Waals surface area contributed by atoms with Crippen molar-refractivity contribution in [3.05, 3.63) is 81.0 Å². The van der Waals surface area contributed by atoms with Gasteiger partial charge in [0.1, 0.15) is 16.9 Å². The lowest BCUT2D eigenvalue weighted by Crippen LogP contribution is -2.09. The molecule has 1 N–H and O–H groups in total. The highest BCUT2D eigenvalue weighted by atomic mass is 16.4. The van der Waals surface area contributed by atoms with Crippen LogP contribution in [-0.4, -0.2) is 0 Å². The minimum atomic E-state index is -0.444. The molecule has 2 aromatic heterocycles. The Bertz CT molecular complexity index is 1190. The maximum atomic E-state index is 12.3. The van der Waals surface area contributed by atoms with Crippen molar-refractivity contribution < 1.29 is 8.83 Å². The van der Waals surface area contributed by atoms with E-state index < -0.39 is 11.3 Å². The fourth-order valence-electron chi connectivity index (χ4n) is 2.73. The van der Waals surface area contributed by atoms with Crippen LogP contribution in [0.15, 0.2) is 73.0 Å². The molecular formula is C19H13NO4. The molecule has 0 amide bonds. The van der Waals surface area contributed by atoms with Gasteiger partial charge < -0.3 is 14.2 Å². The lowest BCUT2D eigenvalue weighted by molar-refractivity contribution is 0.560. The molecule has 0 saturated carbocycles. The molecule has 0 radical (unpaired) electrons. The number of hydrogen-bond donors (Lipinski definition) is 1. The Kier molecular flexibility index (Phi) is 3.20. The van der Waals surface area contributed by atoms with Crippen molar-refractivity contribution in [1.82, 2.24) is 0 Å². The first kappa shape index (κ1) is 14.3. The summed E-state index contributed by atoms with van der Waals surface area (Å²) in [5.41, 5.74) is 1.96. The molecule has 24 heavy (non-hydrogen) atoms. The van der Waals surface area contributed by atoms with E-state index in [1.807, 2.05) is 37.3 Å². The van der Waals surface area contributed by atoms with E-state index in [-0.39, 0.29) is 0 Å². The second-order valence-corrected chi connectivity index (χ2v) is 5.52. The fraction of sp³-hybridized carbons (Fsp3) is 0.0526. The molecule has 0 aliphatic heterocycles. The Labute approximate surface area is 136 Å². The molecule has 0 atom stereocenters. The van der Waals surface area contributed by atoms with Crippen molar-refractivity contribution in [2.45, 2.75) is 6.92 Å². The number of anilines is 2. The van der Waals surface area contributed by atoms with Crippen LogP contribution in [0.4, 0.5) is 11.4 Å². The summed E-state index contributed by atoms with van der Waals surface area (Å²) in [5, 5.41) is 4.75. The molecule has 4 rings (SSSR count). The van der Waals surface area contributed by atoms with Crippen molar-refractivity contribution >= 4 is 33.3 Å². The average molecular weight is 319 g/mol. The zero-order valence-electron chi connectivity index (χ0n) is 12.8. The maximum Gasteiger partial charge on any atom is 0.360 e. The third kappa shape index (κ3) is 2.36. The van der Waals surface area contributed by atoms with Gasteiger partial charge in [0.25, 0.3) is 0 Å². The van der Waals surface area contributed by atoms with Gasteiger partial charge in [-0.3, -0.25) is 0 Å². The van der Waals surface area contributed by atoms with Crippen LogP contribution < -0.4 is 16.6 Å².